The molecular formula is C8H7N3O3. The number of nitrogens with zero attached hydrogens (tertiary/aromatic N) is 1. The number of fused-ring (bicyclic) bond motifs is 1. The molecule has 0 radical (unpaired) electrons. The van der Waals surface area contributed by atoms with Crippen molar-refractivity contribution in [1.82, 2.24) is 15.0 Å². The van der Waals surface area contributed by atoms with Crippen LogP contribution in [0.2, 0.25) is 0 Å². The third-order valence-electron chi connectivity index (χ3n) is 1.84. The summed E-state index contributed by atoms with van der Waals surface area (Å²) in [6.07, 6.45) is 2.80. The van der Waals surface area contributed by atoms with Gasteiger partial charge in [0.05, 0.1) is 18.7 Å². The van der Waals surface area contributed by atoms with Gasteiger partial charge in [0.15, 0.2) is 5.75 Å². The molecule has 0 aromatic carbocycles. The quantitative estimate of drug-likeness (QED) is 0.646. The minimum Gasteiger partial charge on any atom is -0.493 e. The lowest BCUT2D eigenvalue weighted by molar-refractivity contribution is 0.417. The molecular weight excluding hydrogens is 186 g/mol. The van der Waals surface area contributed by atoms with Crippen molar-refractivity contribution in [3.05, 3.63) is 33.2 Å². The molecule has 14 heavy (non-hydrogen) atoms. The van der Waals surface area contributed by atoms with Crippen molar-refractivity contribution in [3.8, 4) is 5.75 Å². The van der Waals surface area contributed by atoms with Crippen molar-refractivity contribution in [2.24, 2.45) is 0 Å². The second-order valence-electron chi connectivity index (χ2n) is 2.67. The molecule has 2 rings (SSSR count). The van der Waals surface area contributed by atoms with Crippen LogP contribution in [0.25, 0.3) is 10.9 Å². The van der Waals surface area contributed by atoms with Crippen LogP contribution < -0.4 is 16.0 Å². The summed E-state index contributed by atoms with van der Waals surface area (Å²) in [4.78, 5) is 30.7. The zero-order valence-corrected chi connectivity index (χ0v) is 7.33. The van der Waals surface area contributed by atoms with Crippen LogP contribution >= 0.6 is 0 Å². The Bertz CT molecular complexity index is 584. The van der Waals surface area contributed by atoms with Gasteiger partial charge >= 0.3 is 5.69 Å². The highest BCUT2D eigenvalue weighted by molar-refractivity contribution is 5.81. The van der Waals surface area contributed by atoms with E-state index in [1.54, 1.807) is 0 Å². The van der Waals surface area contributed by atoms with Crippen molar-refractivity contribution in [2.75, 3.05) is 7.11 Å². The lowest BCUT2D eigenvalue weighted by Gasteiger charge is -2.01. The maximum atomic E-state index is 11.3. The molecule has 2 heterocycles. The normalized spacial score (nSPS) is 10.4. The number of hydrogen-bond acceptors (Lipinski definition) is 4. The Hall–Kier alpha value is -2.11. The summed E-state index contributed by atoms with van der Waals surface area (Å²) < 4.78 is 4.95. The predicted octanol–water partition coefficient (Wildman–Crippen LogP) is -0.380. The van der Waals surface area contributed by atoms with Crippen molar-refractivity contribution in [1.29, 1.82) is 0 Å². The van der Waals surface area contributed by atoms with E-state index in [4.69, 9.17) is 4.74 Å². The average Bonchev–Trinajstić information content (AvgIpc) is 2.17. The number of ether oxygens (including phenoxy) is 1. The minimum atomic E-state index is -0.563. The zero-order chi connectivity index (χ0) is 10.1. The zero-order valence-electron chi connectivity index (χ0n) is 7.33. The van der Waals surface area contributed by atoms with Gasteiger partial charge in [-0.2, -0.15) is 0 Å². The predicted molar refractivity (Wildman–Crippen MR) is 49.5 cm³/mol. The van der Waals surface area contributed by atoms with Crippen molar-refractivity contribution in [2.45, 2.75) is 0 Å². The molecule has 2 N–H and O–H groups in total. The number of H-pyrrole nitrogens is 2. The summed E-state index contributed by atoms with van der Waals surface area (Å²) >= 11 is 0. The van der Waals surface area contributed by atoms with E-state index in [0.717, 1.165) is 0 Å². The van der Waals surface area contributed by atoms with E-state index in [-0.39, 0.29) is 0 Å². The van der Waals surface area contributed by atoms with Crippen molar-refractivity contribution < 1.29 is 4.74 Å². The number of rotatable bonds is 1. The summed E-state index contributed by atoms with van der Waals surface area (Å²) in [5, 5.41) is 0.295. The van der Waals surface area contributed by atoms with Gasteiger partial charge in [-0.25, -0.2) is 4.79 Å². The van der Waals surface area contributed by atoms with Crippen LogP contribution in [0.5, 0.6) is 5.75 Å². The lowest BCUT2D eigenvalue weighted by Crippen LogP contribution is -2.22. The maximum Gasteiger partial charge on any atom is 0.326 e. The molecule has 72 valence electrons. The molecule has 0 saturated heterocycles. The van der Waals surface area contributed by atoms with Gasteiger partial charge in [-0.3, -0.25) is 14.8 Å². The molecule has 0 aliphatic rings. The SMILES string of the molecule is COc1cncc2c(=O)[nH]c(=O)[nH]c12. The van der Waals surface area contributed by atoms with Gasteiger partial charge in [0, 0.05) is 6.20 Å². The summed E-state index contributed by atoms with van der Waals surface area (Å²) in [6, 6.07) is 0. The fraction of sp³-hybridized carbons (Fsp3) is 0.125. The van der Waals surface area contributed by atoms with Gasteiger partial charge in [0.1, 0.15) is 5.52 Å². The Morgan fingerprint density at radius 1 is 1.29 bits per heavy atom. The van der Waals surface area contributed by atoms with Crippen molar-refractivity contribution >= 4 is 10.9 Å². The van der Waals surface area contributed by atoms with E-state index in [2.05, 4.69) is 15.0 Å². The molecule has 2 aromatic rings. The molecule has 2 aromatic heterocycles. The number of hydrogen-bond donors (Lipinski definition) is 2. The molecule has 6 heteroatoms. The van der Waals surface area contributed by atoms with Gasteiger partial charge in [0.2, 0.25) is 0 Å². The van der Waals surface area contributed by atoms with Crippen LogP contribution in [0.1, 0.15) is 0 Å². The summed E-state index contributed by atoms with van der Waals surface area (Å²) in [7, 11) is 1.44. The standard InChI is InChI=1S/C8H7N3O3/c1-14-5-3-9-2-4-6(5)10-8(13)11-7(4)12/h2-3H,1H3,(H2,10,11,12,13). The van der Waals surface area contributed by atoms with Crippen LogP contribution in [0, 0.1) is 0 Å². The van der Waals surface area contributed by atoms with Gasteiger partial charge in [-0.15, -0.1) is 0 Å². The van der Waals surface area contributed by atoms with Crippen LogP contribution in [0.15, 0.2) is 22.0 Å². The molecule has 0 aliphatic heterocycles. The molecule has 6 nitrogen and oxygen atoms in total. The molecule has 0 spiro atoms. The molecule has 0 unspecified atom stereocenters. The van der Waals surface area contributed by atoms with Crippen LogP contribution in [-0.4, -0.2) is 22.1 Å². The second-order valence-corrected chi connectivity index (χ2v) is 2.67. The van der Waals surface area contributed by atoms with Crippen LogP contribution in [0.3, 0.4) is 0 Å². The molecule has 0 amide bonds. The van der Waals surface area contributed by atoms with E-state index < -0.39 is 11.2 Å². The molecule has 0 fully saturated rings. The number of pyridine rings is 1. The first-order valence-electron chi connectivity index (χ1n) is 3.86. The van der Waals surface area contributed by atoms with Crippen LogP contribution in [0.4, 0.5) is 0 Å². The third kappa shape index (κ3) is 1.17. The van der Waals surface area contributed by atoms with Gasteiger partial charge in [-0.05, 0) is 0 Å². The smallest absolute Gasteiger partial charge is 0.326 e. The first-order chi connectivity index (χ1) is 6.72. The highest BCUT2D eigenvalue weighted by atomic mass is 16.5. The third-order valence-corrected chi connectivity index (χ3v) is 1.84. The van der Waals surface area contributed by atoms with Gasteiger partial charge in [0.25, 0.3) is 5.56 Å². The highest BCUT2D eigenvalue weighted by Crippen LogP contribution is 2.16. The lowest BCUT2D eigenvalue weighted by atomic mass is 10.3. The molecule has 0 atom stereocenters. The Kier molecular flexibility index (Phi) is 1.81. The Morgan fingerprint density at radius 3 is 2.79 bits per heavy atom. The van der Waals surface area contributed by atoms with Gasteiger partial charge < -0.3 is 9.72 Å². The second kappa shape index (κ2) is 2.99. The first kappa shape index (κ1) is 8.49. The van der Waals surface area contributed by atoms with E-state index in [1.165, 1.54) is 19.5 Å². The topological polar surface area (TPSA) is 87.8 Å². The average molecular weight is 193 g/mol. The summed E-state index contributed by atoms with van der Waals surface area (Å²) in [6.45, 7) is 0. The minimum absolute atomic E-state index is 0.295. The Labute approximate surface area is 77.6 Å². The van der Waals surface area contributed by atoms with E-state index >= 15 is 0 Å². The molecule has 0 aliphatic carbocycles. The number of aromatic amines is 2. The molecule has 0 saturated carbocycles. The maximum absolute atomic E-state index is 11.3. The van der Waals surface area contributed by atoms with Crippen molar-refractivity contribution in [3.63, 3.8) is 0 Å². The number of aromatic nitrogens is 3. The monoisotopic (exact) mass is 193 g/mol. The van der Waals surface area contributed by atoms with Crippen LogP contribution in [-0.2, 0) is 0 Å². The number of methoxy groups -OCH3 is 1. The Balaban J connectivity index is 3.01. The molecule has 0 bridgehead atoms. The van der Waals surface area contributed by atoms with E-state index in [0.29, 0.717) is 16.7 Å². The first-order valence-corrected chi connectivity index (χ1v) is 3.86. The summed E-state index contributed by atoms with van der Waals surface area (Å²) in [5.74, 6) is 0.366. The Morgan fingerprint density at radius 2 is 2.07 bits per heavy atom. The highest BCUT2D eigenvalue weighted by Gasteiger charge is 2.05. The van der Waals surface area contributed by atoms with E-state index in [9.17, 15) is 9.59 Å². The fourth-order valence-corrected chi connectivity index (χ4v) is 1.21. The largest absolute Gasteiger partial charge is 0.493 e. The summed E-state index contributed by atoms with van der Waals surface area (Å²) in [5.41, 5.74) is -0.682. The number of nitrogens with one attached hydrogen (secondary N) is 2. The fourth-order valence-electron chi connectivity index (χ4n) is 1.21. The van der Waals surface area contributed by atoms with Gasteiger partial charge in [-0.1, -0.05) is 0 Å². The van der Waals surface area contributed by atoms with E-state index in [1.807, 2.05) is 0 Å².